The molecule has 0 saturated heterocycles. The van der Waals surface area contributed by atoms with E-state index in [9.17, 15) is 9.59 Å². The molecule has 142 valence electrons. The lowest BCUT2D eigenvalue weighted by Crippen LogP contribution is -2.35. The largest absolute Gasteiger partial charge is 0.460 e. The Labute approximate surface area is 150 Å². The summed E-state index contributed by atoms with van der Waals surface area (Å²) in [4.78, 5) is 24.1. The third kappa shape index (κ3) is 3.57. The van der Waals surface area contributed by atoms with E-state index in [1.807, 2.05) is 0 Å². The first-order valence-electron chi connectivity index (χ1n) is 9.96. The van der Waals surface area contributed by atoms with Crippen molar-refractivity contribution in [3.8, 4) is 0 Å². The SMILES string of the molecule is CCC1CC(CC)C2C3CC(CC3C(=O)OCC(=O)OCC(C)O)C12. The lowest BCUT2D eigenvalue weighted by Gasteiger charge is -2.34. The number of hydrogen-bond acceptors (Lipinski definition) is 5. The molecule has 3 rings (SSSR count). The van der Waals surface area contributed by atoms with Gasteiger partial charge < -0.3 is 14.6 Å². The van der Waals surface area contributed by atoms with Gasteiger partial charge in [0.15, 0.2) is 6.61 Å². The number of aliphatic hydroxyl groups is 1. The molecular formula is C20H32O5. The van der Waals surface area contributed by atoms with E-state index in [1.165, 1.54) is 19.3 Å². The van der Waals surface area contributed by atoms with Gasteiger partial charge in [0.2, 0.25) is 0 Å². The second-order valence-electron chi connectivity index (χ2n) is 8.37. The van der Waals surface area contributed by atoms with Gasteiger partial charge in [0.25, 0.3) is 0 Å². The number of carbonyl (C=O) groups excluding carboxylic acids is 2. The van der Waals surface area contributed by atoms with Crippen molar-refractivity contribution in [3.05, 3.63) is 0 Å². The summed E-state index contributed by atoms with van der Waals surface area (Å²) >= 11 is 0. The molecule has 8 atom stereocenters. The Balaban J connectivity index is 1.55. The van der Waals surface area contributed by atoms with Crippen LogP contribution in [0, 0.1) is 41.4 Å². The van der Waals surface area contributed by atoms with Crippen molar-refractivity contribution >= 4 is 11.9 Å². The molecule has 3 fully saturated rings. The Morgan fingerprint density at radius 2 is 1.72 bits per heavy atom. The van der Waals surface area contributed by atoms with E-state index in [2.05, 4.69) is 13.8 Å². The highest BCUT2D eigenvalue weighted by atomic mass is 16.6. The molecule has 3 aliphatic rings. The van der Waals surface area contributed by atoms with Crippen LogP contribution in [0.3, 0.4) is 0 Å². The molecule has 0 aromatic carbocycles. The highest BCUT2D eigenvalue weighted by Gasteiger charge is 2.61. The second kappa shape index (κ2) is 7.65. The van der Waals surface area contributed by atoms with Crippen LogP contribution in [-0.4, -0.2) is 36.4 Å². The number of ether oxygens (including phenoxy) is 2. The minimum absolute atomic E-state index is 0.0412. The molecular weight excluding hydrogens is 320 g/mol. The molecule has 0 aliphatic heterocycles. The van der Waals surface area contributed by atoms with E-state index >= 15 is 0 Å². The zero-order valence-electron chi connectivity index (χ0n) is 15.6. The Bertz CT molecular complexity index is 502. The van der Waals surface area contributed by atoms with Crippen LogP contribution in [0.4, 0.5) is 0 Å². The maximum atomic E-state index is 12.5. The smallest absolute Gasteiger partial charge is 0.344 e. The molecule has 0 heterocycles. The van der Waals surface area contributed by atoms with Gasteiger partial charge in [-0.15, -0.1) is 0 Å². The molecule has 5 heteroatoms. The number of rotatable bonds is 7. The third-order valence-electron chi connectivity index (χ3n) is 7.00. The highest BCUT2D eigenvalue weighted by Crippen LogP contribution is 2.65. The average Bonchev–Trinajstić information content (AvgIpc) is 3.27. The quantitative estimate of drug-likeness (QED) is 0.713. The summed E-state index contributed by atoms with van der Waals surface area (Å²) in [5.74, 6) is 3.31. The molecule has 25 heavy (non-hydrogen) atoms. The molecule has 1 N–H and O–H groups in total. The van der Waals surface area contributed by atoms with Gasteiger partial charge in [-0.25, -0.2) is 4.79 Å². The van der Waals surface area contributed by atoms with Gasteiger partial charge in [0.1, 0.15) is 6.61 Å². The summed E-state index contributed by atoms with van der Waals surface area (Å²) in [5.41, 5.74) is 0. The van der Waals surface area contributed by atoms with Crippen molar-refractivity contribution in [2.75, 3.05) is 13.2 Å². The summed E-state index contributed by atoms with van der Waals surface area (Å²) in [6.45, 7) is 5.71. The predicted molar refractivity (Wildman–Crippen MR) is 92.5 cm³/mol. The molecule has 3 saturated carbocycles. The maximum Gasteiger partial charge on any atom is 0.344 e. The first-order valence-corrected chi connectivity index (χ1v) is 9.96. The Hall–Kier alpha value is -1.10. The number of carbonyl (C=O) groups is 2. The normalized spacial score (nSPS) is 39.9. The Kier molecular flexibility index (Phi) is 5.71. The van der Waals surface area contributed by atoms with Crippen molar-refractivity contribution < 1.29 is 24.2 Å². The standard InChI is InChI=1S/C20H32O5/c1-4-12-6-13(5-2)19-15-7-14(18(12)19)8-16(15)20(23)25-10-17(22)24-9-11(3)21/h11-16,18-19,21H,4-10H2,1-3H3. The summed E-state index contributed by atoms with van der Waals surface area (Å²) in [7, 11) is 0. The van der Waals surface area contributed by atoms with E-state index in [0.717, 1.165) is 30.6 Å². The third-order valence-corrected chi connectivity index (χ3v) is 7.00. The van der Waals surface area contributed by atoms with Crippen LogP contribution in [0.1, 0.15) is 52.9 Å². The fraction of sp³-hybridized carbons (Fsp3) is 0.900. The number of hydrogen-bond donors (Lipinski definition) is 1. The molecule has 0 radical (unpaired) electrons. The predicted octanol–water partition coefficient (Wildman–Crippen LogP) is 2.80. The molecule has 0 aromatic heterocycles. The first-order chi connectivity index (χ1) is 12.0. The van der Waals surface area contributed by atoms with Crippen molar-refractivity contribution in [1.29, 1.82) is 0 Å². The molecule has 0 amide bonds. The topological polar surface area (TPSA) is 72.8 Å². The first kappa shape index (κ1) is 18.7. The Morgan fingerprint density at radius 3 is 2.36 bits per heavy atom. The minimum atomic E-state index is -0.706. The van der Waals surface area contributed by atoms with E-state index in [4.69, 9.17) is 14.6 Å². The molecule has 3 aliphatic carbocycles. The second-order valence-corrected chi connectivity index (χ2v) is 8.37. The van der Waals surface area contributed by atoms with Gasteiger partial charge in [-0.1, -0.05) is 26.7 Å². The molecule has 2 bridgehead atoms. The summed E-state index contributed by atoms with van der Waals surface area (Å²) in [6.07, 6.45) is 5.17. The summed E-state index contributed by atoms with van der Waals surface area (Å²) in [6, 6.07) is 0. The van der Waals surface area contributed by atoms with Crippen LogP contribution in [-0.2, 0) is 19.1 Å². The lowest BCUT2D eigenvalue weighted by molar-refractivity contribution is -0.164. The van der Waals surface area contributed by atoms with Crippen molar-refractivity contribution in [2.24, 2.45) is 41.4 Å². The van der Waals surface area contributed by atoms with E-state index < -0.39 is 12.1 Å². The van der Waals surface area contributed by atoms with Gasteiger partial charge in [-0.05, 0) is 61.7 Å². The zero-order valence-corrected chi connectivity index (χ0v) is 15.6. The van der Waals surface area contributed by atoms with Gasteiger partial charge in [0.05, 0.1) is 12.0 Å². The van der Waals surface area contributed by atoms with Crippen LogP contribution in [0.5, 0.6) is 0 Å². The number of fused-ring (bicyclic) bond motifs is 5. The van der Waals surface area contributed by atoms with Gasteiger partial charge >= 0.3 is 11.9 Å². The van der Waals surface area contributed by atoms with Gasteiger partial charge in [0, 0.05) is 0 Å². The van der Waals surface area contributed by atoms with Crippen LogP contribution in [0.2, 0.25) is 0 Å². The van der Waals surface area contributed by atoms with Crippen molar-refractivity contribution in [3.63, 3.8) is 0 Å². The maximum absolute atomic E-state index is 12.5. The van der Waals surface area contributed by atoms with Crippen LogP contribution < -0.4 is 0 Å². The summed E-state index contributed by atoms with van der Waals surface area (Å²) in [5, 5.41) is 9.11. The average molecular weight is 352 g/mol. The number of esters is 2. The van der Waals surface area contributed by atoms with Crippen molar-refractivity contribution in [2.45, 2.75) is 59.0 Å². The van der Waals surface area contributed by atoms with Crippen LogP contribution in [0.15, 0.2) is 0 Å². The van der Waals surface area contributed by atoms with Crippen molar-refractivity contribution in [1.82, 2.24) is 0 Å². The zero-order chi connectivity index (χ0) is 18.1. The molecule has 0 spiro atoms. The molecule has 0 aromatic rings. The molecule has 5 nitrogen and oxygen atoms in total. The van der Waals surface area contributed by atoms with E-state index in [-0.39, 0.29) is 25.1 Å². The monoisotopic (exact) mass is 352 g/mol. The Morgan fingerprint density at radius 1 is 1.04 bits per heavy atom. The van der Waals surface area contributed by atoms with Gasteiger partial charge in [-0.2, -0.15) is 0 Å². The summed E-state index contributed by atoms with van der Waals surface area (Å²) < 4.78 is 10.1. The van der Waals surface area contributed by atoms with Crippen LogP contribution >= 0.6 is 0 Å². The van der Waals surface area contributed by atoms with Gasteiger partial charge in [-0.3, -0.25) is 4.79 Å². The van der Waals surface area contributed by atoms with Crippen LogP contribution in [0.25, 0.3) is 0 Å². The minimum Gasteiger partial charge on any atom is -0.460 e. The fourth-order valence-electron chi connectivity index (χ4n) is 6.16. The fourth-order valence-corrected chi connectivity index (χ4v) is 6.16. The molecule has 8 unspecified atom stereocenters. The lowest BCUT2D eigenvalue weighted by atomic mass is 9.70. The van der Waals surface area contributed by atoms with E-state index in [1.54, 1.807) is 6.92 Å². The number of aliphatic hydroxyl groups excluding tert-OH is 1. The highest BCUT2D eigenvalue weighted by molar-refractivity contribution is 5.78. The van der Waals surface area contributed by atoms with E-state index in [0.29, 0.717) is 17.8 Å².